The second-order valence-electron chi connectivity index (χ2n) is 7.78. The molecular weight excluding hydrogens is 457 g/mol. The van der Waals surface area contributed by atoms with Gasteiger partial charge in [-0.2, -0.15) is 0 Å². The van der Waals surface area contributed by atoms with Crippen LogP contribution >= 0.6 is 11.8 Å². The Kier molecular flexibility index (Phi) is 7.38. The zero-order valence-electron chi connectivity index (χ0n) is 18.2. The average molecular weight is 481 g/mol. The van der Waals surface area contributed by atoms with Crippen molar-refractivity contribution in [2.45, 2.75) is 49.1 Å². The van der Waals surface area contributed by atoms with Gasteiger partial charge >= 0.3 is 6.36 Å². The number of aromatic nitrogens is 2. The summed E-state index contributed by atoms with van der Waals surface area (Å²) < 4.78 is 48.0. The highest BCUT2D eigenvalue weighted by molar-refractivity contribution is 7.99. The van der Waals surface area contributed by atoms with Crippen molar-refractivity contribution in [3.63, 3.8) is 0 Å². The van der Waals surface area contributed by atoms with Crippen molar-refractivity contribution in [3.05, 3.63) is 70.8 Å². The van der Waals surface area contributed by atoms with E-state index in [0.29, 0.717) is 22.8 Å². The zero-order chi connectivity index (χ0) is 24.2. The van der Waals surface area contributed by atoms with Gasteiger partial charge in [0.1, 0.15) is 18.1 Å². The van der Waals surface area contributed by atoms with Crippen molar-refractivity contribution in [1.82, 2.24) is 9.55 Å². The molecule has 0 atom stereocenters. The maximum atomic E-state index is 13.0. The number of hydrogen-bond acceptors (Lipinski definition) is 6. The fourth-order valence-electron chi connectivity index (χ4n) is 2.88. The maximum absolute atomic E-state index is 13.0. The highest BCUT2D eigenvalue weighted by atomic mass is 32.2. The number of aliphatic hydroxyl groups is 1. The van der Waals surface area contributed by atoms with Crippen molar-refractivity contribution in [3.8, 4) is 17.2 Å². The van der Waals surface area contributed by atoms with Crippen LogP contribution in [0.4, 0.5) is 13.2 Å². The van der Waals surface area contributed by atoms with Crippen LogP contribution in [-0.4, -0.2) is 33.2 Å². The van der Waals surface area contributed by atoms with Crippen LogP contribution in [0.2, 0.25) is 0 Å². The molecule has 1 heterocycles. The first-order chi connectivity index (χ1) is 15.4. The predicted molar refractivity (Wildman–Crippen MR) is 118 cm³/mol. The first-order valence-corrected chi connectivity index (χ1v) is 10.9. The Morgan fingerprint density at radius 2 is 1.82 bits per heavy atom. The lowest BCUT2D eigenvalue weighted by atomic mass is 10.1. The topological polar surface area (TPSA) is 73.6 Å². The molecule has 0 bridgehead atoms. The molecular formula is C23H23F3N2O4S. The molecule has 0 fully saturated rings. The minimum atomic E-state index is -4.77. The third-order valence-electron chi connectivity index (χ3n) is 4.37. The quantitative estimate of drug-likeness (QED) is 0.490. The molecule has 1 aromatic heterocycles. The van der Waals surface area contributed by atoms with Crippen LogP contribution in [0.15, 0.2) is 69.6 Å². The first kappa shape index (κ1) is 24.7. The van der Waals surface area contributed by atoms with E-state index in [1.54, 1.807) is 32.2 Å². The summed E-state index contributed by atoms with van der Waals surface area (Å²) in [6, 6.07) is 10.5. The lowest BCUT2D eigenvalue weighted by Crippen LogP contribution is -2.28. The van der Waals surface area contributed by atoms with Crippen LogP contribution in [0.3, 0.4) is 0 Å². The molecule has 0 radical (unpaired) electrons. The second-order valence-corrected chi connectivity index (χ2v) is 8.84. The van der Waals surface area contributed by atoms with Crippen molar-refractivity contribution < 1.29 is 27.8 Å². The maximum Gasteiger partial charge on any atom is 0.573 e. The van der Waals surface area contributed by atoms with Crippen molar-refractivity contribution in [1.29, 1.82) is 0 Å². The first-order valence-electron chi connectivity index (χ1n) is 10.0. The largest absolute Gasteiger partial charge is 0.573 e. The fraction of sp³-hybridized carbons (Fsp3) is 0.304. The van der Waals surface area contributed by atoms with Gasteiger partial charge < -0.3 is 14.6 Å². The summed E-state index contributed by atoms with van der Waals surface area (Å²) >= 11 is 1.04. The molecule has 0 aliphatic rings. The number of alkyl halides is 3. The SMILES string of the molecule is CCc1cc(-n2ccnc(Sc3ccc(OC(F)(F)F)cc3)c2=O)ccc1OCC(C)(C)O. The van der Waals surface area contributed by atoms with Crippen LogP contribution in [-0.2, 0) is 6.42 Å². The molecule has 0 spiro atoms. The molecule has 0 unspecified atom stereocenters. The van der Waals surface area contributed by atoms with E-state index in [0.717, 1.165) is 17.3 Å². The second kappa shape index (κ2) is 9.88. The van der Waals surface area contributed by atoms with Crippen LogP contribution in [0.1, 0.15) is 26.3 Å². The number of aryl methyl sites for hydroxylation is 1. The van der Waals surface area contributed by atoms with Gasteiger partial charge in [0.25, 0.3) is 5.56 Å². The standard InChI is InChI=1S/C23H23F3N2O4S/c1-4-15-13-16(5-10-19(15)31-14-22(2,3)30)28-12-11-27-20(21(28)29)33-18-8-6-17(7-9-18)32-23(24,25)26/h5-13,30H,4,14H2,1-3H3. The highest BCUT2D eigenvalue weighted by Crippen LogP contribution is 2.29. The van der Waals surface area contributed by atoms with E-state index in [-0.39, 0.29) is 22.9 Å². The summed E-state index contributed by atoms with van der Waals surface area (Å²) in [5.74, 6) is 0.283. The molecule has 6 nitrogen and oxygen atoms in total. The van der Waals surface area contributed by atoms with Crippen LogP contribution < -0.4 is 15.0 Å². The lowest BCUT2D eigenvalue weighted by molar-refractivity contribution is -0.274. The van der Waals surface area contributed by atoms with Gasteiger partial charge in [0.15, 0.2) is 5.03 Å². The molecule has 0 saturated carbocycles. The van der Waals surface area contributed by atoms with Gasteiger partial charge in [-0.25, -0.2) is 4.98 Å². The Labute approximate surface area is 193 Å². The zero-order valence-corrected chi connectivity index (χ0v) is 19.0. The van der Waals surface area contributed by atoms with E-state index in [1.807, 2.05) is 13.0 Å². The van der Waals surface area contributed by atoms with E-state index < -0.39 is 12.0 Å². The Morgan fingerprint density at radius 3 is 2.42 bits per heavy atom. The summed E-state index contributed by atoms with van der Waals surface area (Å²) in [4.78, 5) is 17.7. The van der Waals surface area contributed by atoms with Crippen molar-refractivity contribution in [2.75, 3.05) is 6.61 Å². The highest BCUT2D eigenvalue weighted by Gasteiger charge is 2.31. The van der Waals surface area contributed by atoms with Gasteiger partial charge in [-0.1, -0.05) is 18.7 Å². The third kappa shape index (κ3) is 7.00. The van der Waals surface area contributed by atoms with Gasteiger partial charge in [-0.15, -0.1) is 13.2 Å². The molecule has 176 valence electrons. The molecule has 2 aromatic carbocycles. The predicted octanol–water partition coefficient (Wildman–Crippen LogP) is 4.99. The molecule has 10 heteroatoms. The number of benzene rings is 2. The normalized spacial score (nSPS) is 12.0. The lowest BCUT2D eigenvalue weighted by Gasteiger charge is -2.20. The molecule has 3 rings (SSSR count). The van der Waals surface area contributed by atoms with Crippen LogP contribution in [0, 0.1) is 0 Å². The molecule has 0 saturated heterocycles. The summed E-state index contributed by atoms with van der Waals surface area (Å²) in [5.41, 5.74) is 0.139. The minimum absolute atomic E-state index is 0.127. The summed E-state index contributed by atoms with van der Waals surface area (Å²) in [6.45, 7) is 5.39. The fourth-order valence-corrected chi connectivity index (χ4v) is 3.67. The third-order valence-corrected chi connectivity index (χ3v) is 5.35. The number of nitrogens with zero attached hydrogens (tertiary/aromatic N) is 2. The van der Waals surface area contributed by atoms with E-state index in [4.69, 9.17) is 4.74 Å². The van der Waals surface area contributed by atoms with Gasteiger partial charge in [0.2, 0.25) is 0 Å². The number of halogens is 3. The molecule has 1 N–H and O–H groups in total. The van der Waals surface area contributed by atoms with Crippen molar-refractivity contribution >= 4 is 11.8 Å². The van der Waals surface area contributed by atoms with Crippen LogP contribution in [0.5, 0.6) is 11.5 Å². The van der Waals surface area contributed by atoms with Crippen molar-refractivity contribution in [2.24, 2.45) is 0 Å². The number of rotatable bonds is 8. The monoisotopic (exact) mass is 480 g/mol. The van der Waals surface area contributed by atoms with Gasteiger partial charge in [-0.3, -0.25) is 9.36 Å². The average Bonchev–Trinajstić information content (AvgIpc) is 2.73. The Morgan fingerprint density at radius 1 is 1.12 bits per heavy atom. The van der Waals surface area contributed by atoms with E-state index in [2.05, 4.69) is 9.72 Å². The van der Waals surface area contributed by atoms with E-state index in [9.17, 15) is 23.1 Å². The Hall–Kier alpha value is -2.98. The molecule has 3 aromatic rings. The molecule has 0 aliphatic carbocycles. The molecule has 0 amide bonds. The van der Waals surface area contributed by atoms with Gasteiger partial charge in [-0.05, 0) is 68.3 Å². The Bertz CT molecular complexity index is 1160. The number of hydrogen-bond donors (Lipinski definition) is 1. The minimum Gasteiger partial charge on any atom is -0.490 e. The molecule has 0 aliphatic heterocycles. The number of ether oxygens (including phenoxy) is 2. The molecule has 33 heavy (non-hydrogen) atoms. The smallest absolute Gasteiger partial charge is 0.490 e. The van der Waals surface area contributed by atoms with Gasteiger partial charge in [0, 0.05) is 23.0 Å². The summed E-state index contributed by atoms with van der Waals surface area (Å²) in [7, 11) is 0. The van der Waals surface area contributed by atoms with E-state index >= 15 is 0 Å². The van der Waals surface area contributed by atoms with Crippen LogP contribution in [0.25, 0.3) is 5.69 Å². The Balaban J connectivity index is 1.83. The van der Waals surface area contributed by atoms with Gasteiger partial charge in [0.05, 0.1) is 5.60 Å². The summed E-state index contributed by atoms with van der Waals surface area (Å²) in [5, 5.41) is 10.1. The van der Waals surface area contributed by atoms with E-state index in [1.165, 1.54) is 35.0 Å². The summed E-state index contributed by atoms with van der Waals surface area (Å²) in [6.07, 6.45) is -1.09.